The molecule has 2 saturated heterocycles. The number of carbonyl (C=O) groups is 2. The highest BCUT2D eigenvalue weighted by molar-refractivity contribution is 5.89. The zero-order valence-electron chi connectivity index (χ0n) is 13.2. The Bertz CT molecular complexity index is 543. The molecule has 3 rings (SSSR count). The third-order valence-corrected chi connectivity index (χ3v) is 4.32. The van der Waals surface area contributed by atoms with Gasteiger partial charge in [-0.15, -0.1) is 0 Å². The molecule has 3 amide bonds. The summed E-state index contributed by atoms with van der Waals surface area (Å²) in [4.78, 5) is 28.4. The van der Waals surface area contributed by atoms with Crippen molar-refractivity contribution in [3.05, 3.63) is 30.3 Å². The molecule has 6 nitrogen and oxygen atoms in total. The van der Waals surface area contributed by atoms with Crippen LogP contribution in [0.3, 0.4) is 0 Å². The van der Waals surface area contributed by atoms with Gasteiger partial charge in [-0.2, -0.15) is 0 Å². The van der Waals surface area contributed by atoms with Crippen LogP contribution in [0, 0.1) is 0 Å². The molecule has 1 N–H and O–H groups in total. The lowest BCUT2D eigenvalue weighted by Crippen LogP contribution is -2.42. The first-order chi connectivity index (χ1) is 11.2. The number of para-hydroxylation sites is 1. The topological polar surface area (TPSA) is 61.9 Å². The van der Waals surface area contributed by atoms with Crippen LogP contribution >= 0.6 is 0 Å². The number of amides is 3. The first-order valence-corrected chi connectivity index (χ1v) is 8.25. The van der Waals surface area contributed by atoms with Crippen molar-refractivity contribution in [3.63, 3.8) is 0 Å². The first kappa shape index (κ1) is 15.8. The van der Waals surface area contributed by atoms with Gasteiger partial charge in [0.2, 0.25) is 0 Å². The molecule has 1 atom stereocenters. The average Bonchev–Trinajstić information content (AvgIpc) is 2.99. The summed E-state index contributed by atoms with van der Waals surface area (Å²) in [6.45, 7) is 3.15. The van der Waals surface area contributed by atoms with Crippen LogP contribution in [0.15, 0.2) is 30.3 Å². The summed E-state index contributed by atoms with van der Waals surface area (Å²) in [5.74, 6) is 0.0767. The van der Waals surface area contributed by atoms with Gasteiger partial charge in [-0.3, -0.25) is 4.79 Å². The van der Waals surface area contributed by atoms with Crippen molar-refractivity contribution in [2.24, 2.45) is 0 Å². The molecule has 124 valence electrons. The minimum atomic E-state index is -0.278. The number of ether oxygens (including phenoxy) is 1. The molecule has 2 aliphatic rings. The summed E-state index contributed by atoms with van der Waals surface area (Å²) in [6, 6.07) is 9.31. The first-order valence-electron chi connectivity index (χ1n) is 8.25. The molecule has 0 bridgehead atoms. The fourth-order valence-electron chi connectivity index (χ4n) is 3.04. The third-order valence-electron chi connectivity index (χ3n) is 4.32. The van der Waals surface area contributed by atoms with Gasteiger partial charge in [0.05, 0.1) is 0 Å². The van der Waals surface area contributed by atoms with E-state index in [4.69, 9.17) is 4.74 Å². The van der Waals surface area contributed by atoms with E-state index in [9.17, 15) is 9.59 Å². The second-order valence-electron chi connectivity index (χ2n) is 5.96. The summed E-state index contributed by atoms with van der Waals surface area (Å²) in [7, 11) is 0. The van der Waals surface area contributed by atoms with E-state index in [0.29, 0.717) is 32.8 Å². The molecule has 1 aromatic carbocycles. The van der Waals surface area contributed by atoms with Crippen LogP contribution in [0.4, 0.5) is 10.5 Å². The maximum atomic E-state index is 12.4. The standard InChI is InChI=1S/C17H23N3O3/c21-16(15-8-4-13-23-15)19-9-5-10-20(12-11-19)17(22)18-14-6-2-1-3-7-14/h1-3,6-7,15H,4-5,8-13H2,(H,18,22). The van der Waals surface area contributed by atoms with Gasteiger partial charge in [-0.1, -0.05) is 18.2 Å². The fraction of sp³-hybridized carbons (Fsp3) is 0.529. The fourth-order valence-corrected chi connectivity index (χ4v) is 3.04. The lowest BCUT2D eigenvalue weighted by molar-refractivity contribution is -0.140. The van der Waals surface area contributed by atoms with E-state index in [1.807, 2.05) is 35.2 Å². The zero-order chi connectivity index (χ0) is 16.1. The summed E-state index contributed by atoms with van der Waals surface area (Å²) in [5.41, 5.74) is 0.786. The molecule has 0 spiro atoms. The highest BCUT2D eigenvalue weighted by Crippen LogP contribution is 2.16. The van der Waals surface area contributed by atoms with Crippen molar-refractivity contribution in [3.8, 4) is 0 Å². The van der Waals surface area contributed by atoms with Crippen LogP contribution in [-0.2, 0) is 9.53 Å². The molecule has 23 heavy (non-hydrogen) atoms. The monoisotopic (exact) mass is 317 g/mol. The van der Waals surface area contributed by atoms with Gasteiger partial charge in [0, 0.05) is 38.5 Å². The van der Waals surface area contributed by atoms with Gasteiger partial charge in [-0.05, 0) is 31.4 Å². The number of hydrogen-bond acceptors (Lipinski definition) is 3. The van der Waals surface area contributed by atoms with Crippen molar-refractivity contribution in [2.75, 3.05) is 38.1 Å². The number of urea groups is 1. The molecule has 0 aromatic heterocycles. The lowest BCUT2D eigenvalue weighted by Gasteiger charge is -2.24. The van der Waals surface area contributed by atoms with Crippen molar-refractivity contribution in [2.45, 2.75) is 25.4 Å². The molecule has 0 saturated carbocycles. The highest BCUT2D eigenvalue weighted by atomic mass is 16.5. The number of nitrogens with one attached hydrogen (secondary N) is 1. The maximum Gasteiger partial charge on any atom is 0.321 e. The minimum absolute atomic E-state index is 0.0767. The molecular formula is C17H23N3O3. The number of nitrogens with zero attached hydrogens (tertiary/aromatic N) is 2. The van der Waals surface area contributed by atoms with E-state index in [0.717, 1.165) is 24.9 Å². The van der Waals surface area contributed by atoms with Crippen molar-refractivity contribution < 1.29 is 14.3 Å². The number of carbonyl (C=O) groups excluding carboxylic acids is 2. The Hall–Kier alpha value is -2.08. The van der Waals surface area contributed by atoms with Crippen LogP contribution in [0.2, 0.25) is 0 Å². The summed E-state index contributed by atoms with van der Waals surface area (Å²) in [6.07, 6.45) is 2.28. The zero-order valence-corrected chi connectivity index (χ0v) is 13.2. The molecule has 2 aliphatic heterocycles. The summed E-state index contributed by atoms with van der Waals surface area (Å²) >= 11 is 0. The third kappa shape index (κ3) is 4.01. The second-order valence-corrected chi connectivity index (χ2v) is 5.96. The quantitative estimate of drug-likeness (QED) is 0.906. The van der Waals surface area contributed by atoms with Gasteiger partial charge >= 0.3 is 6.03 Å². The average molecular weight is 317 g/mol. The smallest absolute Gasteiger partial charge is 0.321 e. The van der Waals surface area contributed by atoms with Crippen LogP contribution < -0.4 is 5.32 Å². The Morgan fingerprint density at radius 1 is 1.00 bits per heavy atom. The highest BCUT2D eigenvalue weighted by Gasteiger charge is 2.30. The molecule has 0 radical (unpaired) electrons. The van der Waals surface area contributed by atoms with E-state index < -0.39 is 0 Å². The van der Waals surface area contributed by atoms with E-state index in [2.05, 4.69) is 5.32 Å². The maximum absolute atomic E-state index is 12.4. The summed E-state index contributed by atoms with van der Waals surface area (Å²) < 4.78 is 5.48. The van der Waals surface area contributed by atoms with Crippen molar-refractivity contribution >= 4 is 17.6 Å². The van der Waals surface area contributed by atoms with E-state index in [1.54, 1.807) is 4.90 Å². The SMILES string of the molecule is O=C(Nc1ccccc1)N1CCCN(C(=O)C2CCCO2)CC1. The van der Waals surface area contributed by atoms with Crippen molar-refractivity contribution in [1.82, 2.24) is 9.80 Å². The van der Waals surface area contributed by atoms with Crippen LogP contribution in [-0.4, -0.2) is 60.6 Å². The Balaban J connectivity index is 1.53. The number of benzene rings is 1. The number of hydrogen-bond donors (Lipinski definition) is 1. The molecular weight excluding hydrogens is 294 g/mol. The van der Waals surface area contributed by atoms with Gasteiger partial charge in [0.25, 0.3) is 5.91 Å². The van der Waals surface area contributed by atoms with Gasteiger partial charge in [-0.25, -0.2) is 4.79 Å². The summed E-state index contributed by atoms with van der Waals surface area (Å²) in [5, 5.41) is 2.90. The molecule has 0 aliphatic carbocycles. The molecule has 1 aromatic rings. The number of rotatable bonds is 2. The minimum Gasteiger partial charge on any atom is -0.368 e. The van der Waals surface area contributed by atoms with E-state index >= 15 is 0 Å². The van der Waals surface area contributed by atoms with Gasteiger partial charge in [0.1, 0.15) is 6.10 Å². The number of anilines is 1. The predicted octanol–water partition coefficient (Wildman–Crippen LogP) is 1.93. The van der Waals surface area contributed by atoms with E-state index in [-0.39, 0.29) is 18.0 Å². The van der Waals surface area contributed by atoms with Gasteiger partial charge < -0.3 is 19.9 Å². The lowest BCUT2D eigenvalue weighted by atomic mass is 10.2. The Labute approximate surface area is 136 Å². The molecule has 6 heteroatoms. The largest absolute Gasteiger partial charge is 0.368 e. The normalized spacial score (nSPS) is 21.8. The van der Waals surface area contributed by atoms with Crippen molar-refractivity contribution in [1.29, 1.82) is 0 Å². The molecule has 2 fully saturated rings. The predicted molar refractivity (Wildman–Crippen MR) is 87.2 cm³/mol. The molecule has 2 heterocycles. The second kappa shape index (κ2) is 7.46. The molecule has 1 unspecified atom stereocenters. The Morgan fingerprint density at radius 3 is 2.48 bits per heavy atom. The van der Waals surface area contributed by atoms with Crippen LogP contribution in [0.5, 0.6) is 0 Å². The van der Waals surface area contributed by atoms with Crippen LogP contribution in [0.1, 0.15) is 19.3 Å². The van der Waals surface area contributed by atoms with Crippen LogP contribution in [0.25, 0.3) is 0 Å². The van der Waals surface area contributed by atoms with Gasteiger partial charge in [0.15, 0.2) is 0 Å². The van der Waals surface area contributed by atoms with E-state index in [1.165, 1.54) is 0 Å². The Kier molecular flexibility index (Phi) is 5.12. The Morgan fingerprint density at radius 2 is 1.74 bits per heavy atom.